The molecule has 5 nitrogen and oxygen atoms in total. The fourth-order valence-electron chi connectivity index (χ4n) is 3.96. The molecule has 176 valence electrons. The molecule has 1 saturated heterocycles. The first-order chi connectivity index (χ1) is 16.1. The highest BCUT2D eigenvalue weighted by Gasteiger charge is 2.51. The van der Waals surface area contributed by atoms with Gasteiger partial charge < -0.3 is 20.4 Å². The van der Waals surface area contributed by atoms with Gasteiger partial charge in [-0.05, 0) is 80.5 Å². The standard InChI is InChI=1S/C28H33BN2O3/c1-6-7-19-8-10-21(11-9-19)26(32)31-25-18-22(14-17-24(25)30)20-12-15-23(16-13-20)29-33-27(2,3)28(4,5)34-29/h8-18H,6-7,30H2,1-5H3,(H,31,32). The molecule has 6 heteroatoms. The molecule has 4 rings (SSSR count). The molecule has 3 aromatic carbocycles. The molecule has 0 saturated carbocycles. The number of rotatable bonds is 6. The second-order valence-electron chi connectivity index (χ2n) is 9.91. The van der Waals surface area contributed by atoms with Crippen LogP contribution < -0.4 is 16.5 Å². The van der Waals surface area contributed by atoms with Crippen molar-refractivity contribution in [2.45, 2.75) is 58.7 Å². The smallest absolute Gasteiger partial charge is 0.399 e. The molecule has 0 spiro atoms. The number of nitrogens with one attached hydrogen (secondary N) is 1. The molecule has 0 aromatic heterocycles. The molecule has 34 heavy (non-hydrogen) atoms. The number of hydrogen-bond donors (Lipinski definition) is 2. The molecule has 3 aromatic rings. The molecule has 1 aliphatic heterocycles. The maximum absolute atomic E-state index is 12.8. The molecule has 1 heterocycles. The van der Waals surface area contributed by atoms with Crippen LogP contribution in [0.5, 0.6) is 0 Å². The number of aryl methyl sites for hydroxylation is 1. The van der Waals surface area contributed by atoms with E-state index in [1.807, 2.05) is 94.4 Å². The quantitative estimate of drug-likeness (QED) is 0.383. The Labute approximate surface area is 202 Å². The number of amides is 1. The van der Waals surface area contributed by atoms with Crippen molar-refractivity contribution in [2.75, 3.05) is 11.1 Å². The predicted octanol–water partition coefficient (Wildman–Crippen LogP) is 5.44. The average Bonchev–Trinajstić information content (AvgIpc) is 3.03. The number of hydrogen-bond acceptors (Lipinski definition) is 4. The van der Waals surface area contributed by atoms with E-state index in [0.29, 0.717) is 16.9 Å². The van der Waals surface area contributed by atoms with Crippen molar-refractivity contribution in [3.8, 4) is 11.1 Å². The van der Waals surface area contributed by atoms with Crippen LogP contribution in [0.2, 0.25) is 0 Å². The minimum Gasteiger partial charge on any atom is -0.399 e. The molecular weight excluding hydrogens is 423 g/mol. The Balaban J connectivity index is 1.50. The minimum atomic E-state index is -0.399. The lowest BCUT2D eigenvalue weighted by molar-refractivity contribution is 0.00578. The van der Waals surface area contributed by atoms with E-state index in [9.17, 15) is 4.79 Å². The summed E-state index contributed by atoms with van der Waals surface area (Å²) in [6, 6.07) is 21.5. The van der Waals surface area contributed by atoms with Crippen molar-refractivity contribution in [2.24, 2.45) is 0 Å². The number of anilines is 2. The first-order valence-electron chi connectivity index (χ1n) is 11.9. The average molecular weight is 456 g/mol. The maximum Gasteiger partial charge on any atom is 0.494 e. The summed E-state index contributed by atoms with van der Waals surface area (Å²) in [7, 11) is -0.399. The fourth-order valence-corrected chi connectivity index (χ4v) is 3.96. The number of carbonyl (C=O) groups excluding carboxylic acids is 1. The summed E-state index contributed by atoms with van der Waals surface area (Å²) in [4.78, 5) is 12.8. The summed E-state index contributed by atoms with van der Waals surface area (Å²) in [5.41, 5.74) is 11.3. The van der Waals surface area contributed by atoms with Gasteiger partial charge in [0.2, 0.25) is 0 Å². The van der Waals surface area contributed by atoms with Gasteiger partial charge in [-0.25, -0.2) is 0 Å². The van der Waals surface area contributed by atoms with Gasteiger partial charge in [0.05, 0.1) is 22.6 Å². The van der Waals surface area contributed by atoms with Gasteiger partial charge in [-0.3, -0.25) is 4.79 Å². The second kappa shape index (κ2) is 9.28. The lowest BCUT2D eigenvalue weighted by Gasteiger charge is -2.32. The van der Waals surface area contributed by atoms with Crippen molar-refractivity contribution < 1.29 is 14.1 Å². The van der Waals surface area contributed by atoms with Gasteiger partial charge in [-0.2, -0.15) is 0 Å². The zero-order valence-electron chi connectivity index (χ0n) is 20.6. The Morgan fingerprint density at radius 1 is 0.882 bits per heavy atom. The van der Waals surface area contributed by atoms with Gasteiger partial charge in [-0.15, -0.1) is 0 Å². The van der Waals surface area contributed by atoms with Crippen LogP contribution in [0.15, 0.2) is 66.7 Å². The molecule has 1 aliphatic rings. The van der Waals surface area contributed by atoms with E-state index in [4.69, 9.17) is 15.0 Å². The highest BCUT2D eigenvalue weighted by Crippen LogP contribution is 2.36. The minimum absolute atomic E-state index is 0.178. The molecule has 0 bridgehead atoms. The molecule has 0 aliphatic carbocycles. The van der Waals surface area contributed by atoms with E-state index in [0.717, 1.165) is 29.4 Å². The number of nitrogen functional groups attached to an aromatic ring is 1. The fraction of sp³-hybridized carbons (Fsp3) is 0.321. The van der Waals surface area contributed by atoms with E-state index in [1.165, 1.54) is 5.56 Å². The highest BCUT2D eigenvalue weighted by molar-refractivity contribution is 6.62. The molecule has 0 atom stereocenters. The number of carbonyl (C=O) groups is 1. The first kappa shape index (κ1) is 24.1. The van der Waals surface area contributed by atoms with Crippen molar-refractivity contribution >= 4 is 29.9 Å². The monoisotopic (exact) mass is 456 g/mol. The van der Waals surface area contributed by atoms with Gasteiger partial charge in [0.15, 0.2) is 0 Å². The summed E-state index contributed by atoms with van der Waals surface area (Å²) in [6.07, 6.45) is 2.08. The van der Waals surface area contributed by atoms with E-state index in [-0.39, 0.29) is 17.1 Å². The van der Waals surface area contributed by atoms with Crippen molar-refractivity contribution in [3.63, 3.8) is 0 Å². The third-order valence-electron chi connectivity index (χ3n) is 6.83. The lowest BCUT2D eigenvalue weighted by atomic mass is 9.78. The molecule has 0 unspecified atom stereocenters. The SMILES string of the molecule is CCCc1ccc(C(=O)Nc2cc(-c3ccc(B4OC(C)(C)C(C)(C)O4)cc3)ccc2N)cc1. The number of benzene rings is 3. The Hall–Kier alpha value is -3.09. The molecule has 1 fully saturated rings. The van der Waals surface area contributed by atoms with Crippen LogP contribution in [-0.4, -0.2) is 24.2 Å². The largest absolute Gasteiger partial charge is 0.494 e. The summed E-state index contributed by atoms with van der Waals surface area (Å²) in [6.45, 7) is 10.3. The molecule has 1 amide bonds. The molecule has 0 radical (unpaired) electrons. The van der Waals surface area contributed by atoms with Gasteiger partial charge in [-0.1, -0.05) is 55.8 Å². The van der Waals surface area contributed by atoms with Gasteiger partial charge >= 0.3 is 7.12 Å². The highest BCUT2D eigenvalue weighted by atomic mass is 16.7. The van der Waals surface area contributed by atoms with E-state index >= 15 is 0 Å². The van der Waals surface area contributed by atoms with Crippen molar-refractivity contribution in [3.05, 3.63) is 77.9 Å². The number of nitrogens with two attached hydrogens (primary N) is 1. The zero-order valence-corrected chi connectivity index (χ0v) is 20.6. The van der Waals surface area contributed by atoms with Crippen LogP contribution >= 0.6 is 0 Å². The van der Waals surface area contributed by atoms with Crippen LogP contribution in [0.1, 0.15) is 57.0 Å². The summed E-state index contributed by atoms with van der Waals surface area (Å²) < 4.78 is 12.3. The Morgan fingerprint density at radius 3 is 2.06 bits per heavy atom. The van der Waals surface area contributed by atoms with Crippen molar-refractivity contribution in [1.29, 1.82) is 0 Å². The lowest BCUT2D eigenvalue weighted by Crippen LogP contribution is -2.41. The topological polar surface area (TPSA) is 73.6 Å². The summed E-state index contributed by atoms with van der Waals surface area (Å²) in [5.74, 6) is -0.178. The Kier molecular flexibility index (Phi) is 6.56. The molecule has 3 N–H and O–H groups in total. The third kappa shape index (κ3) is 4.89. The predicted molar refractivity (Wildman–Crippen MR) is 140 cm³/mol. The van der Waals surface area contributed by atoms with Crippen LogP contribution in [-0.2, 0) is 15.7 Å². The van der Waals surface area contributed by atoms with E-state index in [1.54, 1.807) is 0 Å². The van der Waals surface area contributed by atoms with Crippen LogP contribution in [0.3, 0.4) is 0 Å². The first-order valence-corrected chi connectivity index (χ1v) is 11.9. The van der Waals surface area contributed by atoms with Crippen LogP contribution in [0.4, 0.5) is 11.4 Å². The van der Waals surface area contributed by atoms with Gasteiger partial charge in [0.25, 0.3) is 5.91 Å². The van der Waals surface area contributed by atoms with Crippen LogP contribution in [0, 0.1) is 0 Å². The second-order valence-corrected chi connectivity index (χ2v) is 9.91. The Morgan fingerprint density at radius 2 is 1.47 bits per heavy atom. The summed E-state index contributed by atoms with van der Waals surface area (Å²) >= 11 is 0. The van der Waals surface area contributed by atoms with E-state index in [2.05, 4.69) is 12.2 Å². The zero-order chi connectivity index (χ0) is 24.5. The molecular formula is C28H33BN2O3. The van der Waals surface area contributed by atoms with Crippen LogP contribution in [0.25, 0.3) is 11.1 Å². The normalized spacial score (nSPS) is 16.4. The van der Waals surface area contributed by atoms with E-state index < -0.39 is 7.12 Å². The third-order valence-corrected chi connectivity index (χ3v) is 6.83. The Bertz CT molecular complexity index is 1160. The summed E-state index contributed by atoms with van der Waals surface area (Å²) in [5, 5.41) is 2.96. The van der Waals surface area contributed by atoms with Crippen molar-refractivity contribution in [1.82, 2.24) is 0 Å². The maximum atomic E-state index is 12.8. The van der Waals surface area contributed by atoms with Gasteiger partial charge in [0.1, 0.15) is 0 Å². The van der Waals surface area contributed by atoms with Gasteiger partial charge in [0, 0.05) is 5.56 Å².